The van der Waals surface area contributed by atoms with E-state index in [2.05, 4.69) is 80.2 Å². The second-order valence-electron chi connectivity index (χ2n) is 4.33. The van der Waals surface area contributed by atoms with E-state index in [-0.39, 0.29) is 0 Å². The molecule has 0 aliphatic heterocycles. The molecule has 1 aromatic heterocycles. The fourth-order valence-corrected chi connectivity index (χ4v) is 3.56. The number of aromatic amines is 1. The predicted molar refractivity (Wildman–Crippen MR) is 83.9 cm³/mol. The highest BCUT2D eigenvalue weighted by Gasteiger charge is 2.09. The van der Waals surface area contributed by atoms with Crippen LogP contribution in [0.5, 0.6) is 0 Å². The van der Waals surface area contributed by atoms with Crippen LogP contribution in [0.4, 0.5) is 0 Å². The molecule has 0 saturated heterocycles. The van der Waals surface area contributed by atoms with E-state index in [0.29, 0.717) is 0 Å². The molecule has 1 heterocycles. The Morgan fingerprint density at radius 3 is 2.28 bits per heavy atom. The number of halogens is 2. The van der Waals surface area contributed by atoms with Gasteiger partial charge in [-0.1, -0.05) is 50.1 Å². The molecule has 90 valence electrons. The van der Waals surface area contributed by atoms with Gasteiger partial charge in [0.1, 0.15) is 0 Å². The number of hydrogen-bond acceptors (Lipinski definition) is 0. The van der Waals surface area contributed by atoms with Gasteiger partial charge in [-0.25, -0.2) is 0 Å². The molecule has 0 amide bonds. The first-order valence-corrected chi connectivity index (χ1v) is 7.27. The summed E-state index contributed by atoms with van der Waals surface area (Å²) in [5.41, 5.74) is 4.83. The lowest BCUT2D eigenvalue weighted by molar-refractivity contribution is 1.40. The van der Waals surface area contributed by atoms with Gasteiger partial charge in [-0.15, -0.1) is 0 Å². The van der Waals surface area contributed by atoms with Crippen molar-refractivity contribution in [2.24, 2.45) is 0 Å². The van der Waals surface area contributed by atoms with Crippen molar-refractivity contribution in [1.82, 2.24) is 4.98 Å². The van der Waals surface area contributed by atoms with E-state index < -0.39 is 0 Å². The summed E-state index contributed by atoms with van der Waals surface area (Å²) in [6.45, 7) is 2.16. The second kappa shape index (κ2) is 4.56. The van der Waals surface area contributed by atoms with Crippen molar-refractivity contribution >= 4 is 42.8 Å². The third-order valence-electron chi connectivity index (χ3n) is 3.12. The quantitative estimate of drug-likeness (QED) is 0.572. The van der Waals surface area contributed by atoms with Crippen molar-refractivity contribution in [3.8, 4) is 11.3 Å². The zero-order valence-electron chi connectivity index (χ0n) is 9.80. The average Bonchev–Trinajstić information content (AvgIpc) is 2.66. The normalized spacial score (nSPS) is 11.1. The van der Waals surface area contributed by atoms with Crippen LogP contribution < -0.4 is 0 Å². The molecule has 0 radical (unpaired) electrons. The van der Waals surface area contributed by atoms with Crippen LogP contribution in [0.2, 0.25) is 0 Å². The van der Waals surface area contributed by atoms with Gasteiger partial charge in [-0.2, -0.15) is 0 Å². The SMILES string of the molecule is Cc1c(-c2cc(Br)cc(Br)c2)[nH]c2ccccc12. The Morgan fingerprint density at radius 2 is 1.61 bits per heavy atom. The summed E-state index contributed by atoms with van der Waals surface area (Å²) in [6.07, 6.45) is 0. The number of aryl methyl sites for hydroxylation is 1. The largest absolute Gasteiger partial charge is 0.354 e. The van der Waals surface area contributed by atoms with Gasteiger partial charge in [-0.3, -0.25) is 0 Å². The Morgan fingerprint density at radius 1 is 0.944 bits per heavy atom. The first kappa shape index (κ1) is 12.0. The maximum atomic E-state index is 3.53. The number of hydrogen-bond donors (Lipinski definition) is 1. The Kier molecular flexibility index (Phi) is 3.04. The van der Waals surface area contributed by atoms with Crippen molar-refractivity contribution in [1.29, 1.82) is 0 Å². The van der Waals surface area contributed by atoms with E-state index in [4.69, 9.17) is 0 Å². The molecule has 0 spiro atoms. The third kappa shape index (κ3) is 2.02. The molecule has 0 bridgehead atoms. The van der Waals surface area contributed by atoms with Gasteiger partial charge >= 0.3 is 0 Å². The Labute approximate surface area is 122 Å². The van der Waals surface area contributed by atoms with Crippen molar-refractivity contribution in [2.75, 3.05) is 0 Å². The van der Waals surface area contributed by atoms with Gasteiger partial charge in [0.15, 0.2) is 0 Å². The lowest BCUT2D eigenvalue weighted by Crippen LogP contribution is -1.81. The lowest BCUT2D eigenvalue weighted by Gasteiger charge is -2.03. The molecule has 0 saturated carbocycles. The van der Waals surface area contributed by atoms with Gasteiger partial charge in [-0.05, 0) is 36.8 Å². The lowest BCUT2D eigenvalue weighted by atomic mass is 10.1. The first-order chi connectivity index (χ1) is 8.65. The zero-order valence-corrected chi connectivity index (χ0v) is 13.0. The number of fused-ring (bicyclic) bond motifs is 1. The summed E-state index contributed by atoms with van der Waals surface area (Å²) in [5, 5.41) is 1.28. The topological polar surface area (TPSA) is 15.8 Å². The van der Waals surface area contributed by atoms with Crippen LogP contribution >= 0.6 is 31.9 Å². The standard InChI is InChI=1S/C15H11Br2N/c1-9-13-4-2-3-5-14(13)18-15(9)10-6-11(16)8-12(17)7-10/h2-8,18H,1H3. The minimum absolute atomic E-state index is 1.07. The van der Waals surface area contributed by atoms with Crippen LogP contribution in [0.15, 0.2) is 51.4 Å². The zero-order chi connectivity index (χ0) is 12.7. The van der Waals surface area contributed by atoms with E-state index in [1.165, 1.54) is 27.7 Å². The molecule has 1 N–H and O–H groups in total. The molecule has 0 fully saturated rings. The number of H-pyrrole nitrogens is 1. The monoisotopic (exact) mass is 363 g/mol. The molecule has 3 rings (SSSR count). The van der Waals surface area contributed by atoms with E-state index in [0.717, 1.165) is 8.95 Å². The van der Waals surface area contributed by atoms with Crippen molar-refractivity contribution < 1.29 is 0 Å². The Hall–Kier alpha value is -1.06. The molecule has 0 aliphatic rings. The van der Waals surface area contributed by atoms with E-state index in [1.807, 2.05) is 6.07 Å². The van der Waals surface area contributed by atoms with Gasteiger partial charge < -0.3 is 4.98 Å². The van der Waals surface area contributed by atoms with E-state index in [9.17, 15) is 0 Å². The van der Waals surface area contributed by atoms with Gasteiger partial charge in [0.25, 0.3) is 0 Å². The van der Waals surface area contributed by atoms with Crippen LogP contribution in [0, 0.1) is 6.92 Å². The minimum Gasteiger partial charge on any atom is -0.354 e. The molecule has 3 heteroatoms. The van der Waals surface area contributed by atoms with Gasteiger partial charge in [0.05, 0.1) is 0 Å². The molecule has 0 aliphatic carbocycles. The van der Waals surface area contributed by atoms with Crippen LogP contribution in [-0.2, 0) is 0 Å². The molecular weight excluding hydrogens is 354 g/mol. The number of benzene rings is 2. The van der Waals surface area contributed by atoms with Crippen LogP contribution in [0.3, 0.4) is 0 Å². The fraction of sp³-hybridized carbons (Fsp3) is 0.0667. The summed E-state index contributed by atoms with van der Waals surface area (Å²) < 4.78 is 2.15. The summed E-state index contributed by atoms with van der Waals surface area (Å²) in [6, 6.07) is 14.7. The molecule has 2 aromatic carbocycles. The maximum absolute atomic E-state index is 3.53. The maximum Gasteiger partial charge on any atom is 0.0495 e. The second-order valence-corrected chi connectivity index (χ2v) is 6.16. The molecule has 3 aromatic rings. The van der Waals surface area contributed by atoms with E-state index >= 15 is 0 Å². The number of aromatic nitrogens is 1. The smallest absolute Gasteiger partial charge is 0.0495 e. The highest BCUT2D eigenvalue weighted by molar-refractivity contribution is 9.11. The predicted octanol–water partition coefficient (Wildman–Crippen LogP) is 5.67. The highest BCUT2D eigenvalue weighted by Crippen LogP contribution is 2.32. The summed E-state index contributed by atoms with van der Waals surface area (Å²) >= 11 is 7.07. The third-order valence-corrected chi connectivity index (χ3v) is 4.03. The first-order valence-electron chi connectivity index (χ1n) is 5.69. The minimum atomic E-state index is 1.07. The van der Waals surface area contributed by atoms with Gasteiger partial charge in [0, 0.05) is 31.1 Å². The highest BCUT2D eigenvalue weighted by atomic mass is 79.9. The Bertz CT molecular complexity index is 708. The molecule has 1 nitrogen and oxygen atoms in total. The van der Waals surface area contributed by atoms with Gasteiger partial charge in [0.2, 0.25) is 0 Å². The molecule has 0 atom stereocenters. The Balaban J connectivity index is 2.28. The molecule has 0 unspecified atom stereocenters. The molecule has 18 heavy (non-hydrogen) atoms. The molecular formula is C15H11Br2N. The average molecular weight is 365 g/mol. The van der Waals surface area contributed by atoms with Crippen molar-refractivity contribution in [3.05, 3.63) is 57.0 Å². The van der Waals surface area contributed by atoms with Crippen LogP contribution in [-0.4, -0.2) is 4.98 Å². The van der Waals surface area contributed by atoms with Crippen LogP contribution in [0.1, 0.15) is 5.56 Å². The summed E-state index contributed by atoms with van der Waals surface area (Å²) in [5.74, 6) is 0. The fourth-order valence-electron chi connectivity index (χ4n) is 2.27. The summed E-state index contributed by atoms with van der Waals surface area (Å²) in [4.78, 5) is 3.49. The van der Waals surface area contributed by atoms with E-state index in [1.54, 1.807) is 0 Å². The number of para-hydroxylation sites is 1. The van der Waals surface area contributed by atoms with Crippen molar-refractivity contribution in [2.45, 2.75) is 6.92 Å². The number of rotatable bonds is 1. The van der Waals surface area contributed by atoms with Crippen LogP contribution in [0.25, 0.3) is 22.2 Å². The number of nitrogens with one attached hydrogen (secondary N) is 1. The van der Waals surface area contributed by atoms with Crippen molar-refractivity contribution in [3.63, 3.8) is 0 Å². The summed E-state index contributed by atoms with van der Waals surface area (Å²) in [7, 11) is 0.